The normalized spacial score (nSPS) is 15.2. The molecule has 2 N–H and O–H groups in total. The number of anilines is 1. The maximum absolute atomic E-state index is 12.5. The highest BCUT2D eigenvalue weighted by atomic mass is 32.2. The van der Waals surface area contributed by atoms with Crippen LogP contribution in [0.1, 0.15) is 21.5 Å². The van der Waals surface area contributed by atoms with Gasteiger partial charge >= 0.3 is 5.97 Å². The molecule has 1 fully saturated rings. The van der Waals surface area contributed by atoms with Crippen LogP contribution in [0.2, 0.25) is 0 Å². The first-order chi connectivity index (χ1) is 13.3. The minimum Gasteiger partial charge on any atom is -0.478 e. The second-order valence-corrected chi connectivity index (χ2v) is 7.11. The first-order valence-electron chi connectivity index (χ1n) is 8.29. The molecule has 0 aliphatic carbocycles. The average molecular weight is 396 g/mol. The zero-order valence-electron chi connectivity index (χ0n) is 14.8. The number of thioether (sulfide) groups is 1. The van der Waals surface area contributed by atoms with Crippen molar-refractivity contribution in [3.8, 4) is 0 Å². The van der Waals surface area contributed by atoms with Crippen LogP contribution in [0, 0.1) is 6.92 Å². The van der Waals surface area contributed by atoms with Crippen molar-refractivity contribution >= 4 is 46.5 Å². The summed E-state index contributed by atoms with van der Waals surface area (Å²) in [4.78, 5) is 48.8. The van der Waals surface area contributed by atoms with Gasteiger partial charge in [0.1, 0.15) is 6.54 Å². The number of carbonyl (C=O) groups is 4. The van der Waals surface area contributed by atoms with Crippen molar-refractivity contribution in [2.45, 2.75) is 6.92 Å². The smallest absolute Gasteiger partial charge is 0.335 e. The van der Waals surface area contributed by atoms with Crippen molar-refractivity contribution < 1.29 is 24.3 Å². The molecule has 0 unspecified atom stereocenters. The van der Waals surface area contributed by atoms with Gasteiger partial charge in [0.25, 0.3) is 11.1 Å². The quantitative estimate of drug-likeness (QED) is 0.751. The second kappa shape index (κ2) is 8.10. The van der Waals surface area contributed by atoms with E-state index in [0.717, 1.165) is 27.8 Å². The molecule has 0 saturated carbocycles. The van der Waals surface area contributed by atoms with Crippen LogP contribution >= 0.6 is 11.8 Å². The van der Waals surface area contributed by atoms with Gasteiger partial charge in [-0.25, -0.2) is 4.79 Å². The summed E-state index contributed by atoms with van der Waals surface area (Å²) in [6, 6.07) is 13.1. The molecule has 0 bridgehead atoms. The number of amides is 3. The van der Waals surface area contributed by atoms with Crippen LogP contribution < -0.4 is 5.32 Å². The number of hydrogen-bond donors (Lipinski definition) is 2. The number of imide groups is 1. The van der Waals surface area contributed by atoms with E-state index in [2.05, 4.69) is 5.32 Å². The molecule has 1 saturated heterocycles. The summed E-state index contributed by atoms with van der Waals surface area (Å²) in [5.74, 6) is -2.15. The Balaban J connectivity index is 1.66. The zero-order chi connectivity index (χ0) is 20.3. The Hall–Kier alpha value is -3.39. The number of nitrogens with zero attached hydrogens (tertiary/aromatic N) is 1. The third kappa shape index (κ3) is 4.47. The highest BCUT2D eigenvalue weighted by molar-refractivity contribution is 8.18. The summed E-state index contributed by atoms with van der Waals surface area (Å²) in [5.41, 5.74) is 2.29. The van der Waals surface area contributed by atoms with E-state index >= 15 is 0 Å². The van der Waals surface area contributed by atoms with Crippen LogP contribution in [0.3, 0.4) is 0 Å². The summed E-state index contributed by atoms with van der Waals surface area (Å²) in [6.07, 6.45) is 1.63. The van der Waals surface area contributed by atoms with Crippen molar-refractivity contribution in [3.63, 3.8) is 0 Å². The summed E-state index contributed by atoms with van der Waals surface area (Å²) < 4.78 is 0. The lowest BCUT2D eigenvalue weighted by Gasteiger charge is -2.12. The van der Waals surface area contributed by atoms with Gasteiger partial charge in [-0.05, 0) is 54.6 Å². The lowest BCUT2D eigenvalue weighted by atomic mass is 10.1. The van der Waals surface area contributed by atoms with Gasteiger partial charge in [0.15, 0.2) is 0 Å². The van der Waals surface area contributed by atoms with Gasteiger partial charge in [-0.3, -0.25) is 19.3 Å². The number of carboxylic acid groups (broad SMARTS) is 1. The fourth-order valence-corrected chi connectivity index (χ4v) is 3.43. The van der Waals surface area contributed by atoms with Gasteiger partial charge in [-0.1, -0.05) is 29.8 Å². The van der Waals surface area contributed by atoms with Crippen molar-refractivity contribution in [2.75, 3.05) is 11.9 Å². The number of benzene rings is 2. The van der Waals surface area contributed by atoms with Crippen molar-refractivity contribution in [2.24, 2.45) is 0 Å². The van der Waals surface area contributed by atoms with Crippen molar-refractivity contribution in [3.05, 3.63) is 70.1 Å². The van der Waals surface area contributed by atoms with Gasteiger partial charge < -0.3 is 10.4 Å². The van der Waals surface area contributed by atoms with Crippen LogP contribution in [-0.2, 0) is 9.59 Å². The van der Waals surface area contributed by atoms with E-state index in [1.54, 1.807) is 6.08 Å². The number of carbonyl (C=O) groups excluding carboxylic acids is 3. The molecule has 1 aliphatic heterocycles. The van der Waals surface area contributed by atoms with E-state index in [9.17, 15) is 19.2 Å². The van der Waals surface area contributed by atoms with Crippen LogP contribution in [-0.4, -0.2) is 39.6 Å². The van der Waals surface area contributed by atoms with Gasteiger partial charge in [0.2, 0.25) is 5.91 Å². The first kappa shape index (κ1) is 19.4. The van der Waals surface area contributed by atoms with Crippen molar-refractivity contribution in [1.82, 2.24) is 4.90 Å². The minimum absolute atomic E-state index is 0.0882. The van der Waals surface area contributed by atoms with Gasteiger partial charge in [0.05, 0.1) is 10.5 Å². The molecule has 28 heavy (non-hydrogen) atoms. The Morgan fingerprint density at radius 1 is 1.14 bits per heavy atom. The average Bonchev–Trinajstić information content (AvgIpc) is 2.89. The fourth-order valence-electron chi connectivity index (χ4n) is 2.59. The Morgan fingerprint density at radius 2 is 1.86 bits per heavy atom. The second-order valence-electron chi connectivity index (χ2n) is 6.11. The predicted molar refractivity (Wildman–Crippen MR) is 106 cm³/mol. The molecule has 0 atom stereocenters. The largest absolute Gasteiger partial charge is 0.478 e. The third-order valence-corrected chi connectivity index (χ3v) is 4.84. The first-order valence-corrected chi connectivity index (χ1v) is 9.10. The third-order valence-electron chi connectivity index (χ3n) is 3.93. The van der Waals surface area contributed by atoms with E-state index in [4.69, 9.17) is 5.11 Å². The zero-order valence-corrected chi connectivity index (χ0v) is 15.7. The highest BCUT2D eigenvalue weighted by Crippen LogP contribution is 2.32. The summed E-state index contributed by atoms with van der Waals surface area (Å²) in [6.45, 7) is 1.51. The fraction of sp³-hybridized carbons (Fsp3) is 0.100. The number of aryl methyl sites for hydroxylation is 1. The molecular weight excluding hydrogens is 380 g/mol. The molecule has 3 rings (SSSR count). The lowest BCUT2D eigenvalue weighted by Crippen LogP contribution is -2.36. The van der Waals surface area contributed by atoms with Crippen LogP contribution in [0.5, 0.6) is 0 Å². The summed E-state index contributed by atoms with van der Waals surface area (Å²) in [7, 11) is 0. The SMILES string of the molecule is Cc1cccc(/C=C2\SC(=O)N(CC(=O)Nc3ccc(C(=O)O)cc3)C2=O)c1. The Morgan fingerprint density at radius 3 is 2.50 bits per heavy atom. The molecule has 1 aliphatic rings. The molecule has 0 aromatic heterocycles. The van der Waals surface area contributed by atoms with Crippen LogP contribution in [0.15, 0.2) is 53.4 Å². The minimum atomic E-state index is -1.07. The van der Waals surface area contributed by atoms with Crippen molar-refractivity contribution in [1.29, 1.82) is 0 Å². The summed E-state index contributed by atoms with van der Waals surface area (Å²) >= 11 is 0.789. The van der Waals surface area contributed by atoms with E-state index in [-0.39, 0.29) is 10.5 Å². The standard InChI is InChI=1S/C20H16N2O5S/c1-12-3-2-4-13(9-12)10-16-18(24)22(20(27)28-16)11-17(23)21-15-7-5-14(6-8-15)19(25)26/h2-10H,11H2,1H3,(H,21,23)(H,25,26)/b16-10-. The lowest BCUT2D eigenvalue weighted by molar-refractivity contribution is -0.127. The number of rotatable bonds is 5. The maximum Gasteiger partial charge on any atom is 0.335 e. The Kier molecular flexibility index (Phi) is 5.60. The Labute approximate surface area is 165 Å². The van der Waals surface area contributed by atoms with Gasteiger partial charge in [-0.15, -0.1) is 0 Å². The Bertz CT molecular complexity index is 998. The highest BCUT2D eigenvalue weighted by Gasteiger charge is 2.36. The molecule has 8 heteroatoms. The molecular formula is C20H16N2O5S. The van der Waals surface area contributed by atoms with E-state index in [0.29, 0.717) is 5.69 Å². The van der Waals surface area contributed by atoms with Gasteiger partial charge in [0, 0.05) is 5.69 Å². The molecule has 7 nitrogen and oxygen atoms in total. The predicted octanol–water partition coefficient (Wildman–Crippen LogP) is 3.37. The molecule has 0 radical (unpaired) electrons. The number of nitrogens with one attached hydrogen (secondary N) is 1. The number of aromatic carboxylic acids is 1. The van der Waals surface area contributed by atoms with E-state index in [1.807, 2.05) is 31.2 Å². The molecule has 2 aromatic rings. The maximum atomic E-state index is 12.5. The monoisotopic (exact) mass is 396 g/mol. The van der Waals surface area contributed by atoms with E-state index in [1.165, 1.54) is 24.3 Å². The van der Waals surface area contributed by atoms with E-state index < -0.39 is 29.6 Å². The number of carboxylic acids is 1. The van der Waals surface area contributed by atoms with Gasteiger partial charge in [-0.2, -0.15) is 0 Å². The topological polar surface area (TPSA) is 104 Å². The molecule has 142 valence electrons. The van der Waals surface area contributed by atoms with Crippen LogP contribution in [0.25, 0.3) is 6.08 Å². The molecule has 0 spiro atoms. The van der Waals surface area contributed by atoms with Crippen LogP contribution in [0.4, 0.5) is 10.5 Å². The number of hydrogen-bond acceptors (Lipinski definition) is 5. The molecule has 2 aromatic carbocycles. The summed E-state index contributed by atoms with van der Waals surface area (Å²) in [5, 5.41) is 10.9. The molecule has 3 amide bonds. The molecule has 1 heterocycles.